The van der Waals surface area contributed by atoms with Crippen LogP contribution in [0.3, 0.4) is 0 Å². The summed E-state index contributed by atoms with van der Waals surface area (Å²) in [5.41, 5.74) is 21.0. The zero-order chi connectivity index (χ0) is 43.7. The molecule has 1 aliphatic rings. The minimum Gasteiger partial charge on any atom is -0.455 e. The molecule has 0 spiro atoms. The molecule has 1 aliphatic carbocycles. The predicted molar refractivity (Wildman–Crippen MR) is 276 cm³/mol. The van der Waals surface area contributed by atoms with Crippen molar-refractivity contribution in [3.63, 3.8) is 0 Å². The molecule has 0 unspecified atom stereocenters. The van der Waals surface area contributed by atoms with Gasteiger partial charge in [0.05, 0.1) is 22.1 Å². The van der Waals surface area contributed by atoms with Gasteiger partial charge in [0, 0.05) is 60.2 Å². The van der Waals surface area contributed by atoms with Crippen LogP contribution in [0, 0.1) is 0 Å². The van der Waals surface area contributed by atoms with Gasteiger partial charge >= 0.3 is 0 Å². The summed E-state index contributed by atoms with van der Waals surface area (Å²) in [6.07, 6.45) is 0. The average Bonchev–Trinajstić information content (AvgIpc) is 4.09. The average molecular weight is 843 g/mol. The number of fused-ring (bicyclic) bond motifs is 12. The van der Waals surface area contributed by atoms with Crippen molar-refractivity contribution >= 4 is 65.6 Å². The van der Waals surface area contributed by atoms with E-state index in [-0.39, 0.29) is 5.41 Å². The third-order valence-electron chi connectivity index (χ3n) is 14.5. The van der Waals surface area contributed by atoms with Gasteiger partial charge in [-0.3, -0.25) is 0 Å². The van der Waals surface area contributed by atoms with Crippen LogP contribution in [0.15, 0.2) is 223 Å². The smallest absolute Gasteiger partial charge is 0.143 e. The third kappa shape index (κ3) is 5.20. The largest absolute Gasteiger partial charge is 0.455 e. The lowest BCUT2D eigenvalue weighted by Gasteiger charge is -2.22. The van der Waals surface area contributed by atoms with Gasteiger partial charge in [-0.2, -0.15) is 0 Å². The van der Waals surface area contributed by atoms with Crippen molar-refractivity contribution in [1.29, 1.82) is 0 Å². The van der Waals surface area contributed by atoms with Gasteiger partial charge in [-0.25, -0.2) is 0 Å². The van der Waals surface area contributed by atoms with E-state index >= 15 is 0 Å². The van der Waals surface area contributed by atoms with Gasteiger partial charge in [0.15, 0.2) is 0 Å². The Morgan fingerprint density at radius 2 is 0.909 bits per heavy atom. The molecular formula is C63H42N2O. The SMILES string of the molecule is CC1(C)c2ccccc2-c2ccc(-n3c4ccccc4c4c(-c5cc(-c6cccc7c6oc6ccccc67)cc(-c6cccc7c8ccccc8n(-c8ccccc8)c67)c5)cccc43)cc21. The number of aromatic nitrogens is 2. The van der Waals surface area contributed by atoms with E-state index in [0.717, 1.165) is 49.9 Å². The molecule has 310 valence electrons. The van der Waals surface area contributed by atoms with Crippen LogP contribution in [-0.4, -0.2) is 9.13 Å². The molecule has 0 saturated carbocycles. The normalized spacial score (nSPS) is 13.1. The highest BCUT2D eigenvalue weighted by Crippen LogP contribution is 2.50. The zero-order valence-corrected chi connectivity index (χ0v) is 36.6. The molecule has 3 heterocycles. The van der Waals surface area contributed by atoms with Gasteiger partial charge < -0.3 is 13.6 Å². The maximum atomic E-state index is 6.76. The van der Waals surface area contributed by atoms with Gasteiger partial charge in [-0.1, -0.05) is 166 Å². The first kappa shape index (κ1) is 37.0. The molecule has 13 aromatic rings. The van der Waals surface area contributed by atoms with Crippen LogP contribution in [0.4, 0.5) is 0 Å². The van der Waals surface area contributed by atoms with E-state index in [4.69, 9.17) is 4.42 Å². The predicted octanol–water partition coefficient (Wildman–Crippen LogP) is 17.1. The van der Waals surface area contributed by atoms with Gasteiger partial charge in [0.25, 0.3) is 0 Å². The molecule has 0 N–H and O–H groups in total. The Bertz CT molecular complexity index is 4140. The Hall–Kier alpha value is -8.40. The fourth-order valence-corrected chi connectivity index (χ4v) is 11.5. The maximum Gasteiger partial charge on any atom is 0.143 e. The number of furan rings is 1. The number of hydrogen-bond acceptors (Lipinski definition) is 1. The number of rotatable bonds is 5. The van der Waals surface area contributed by atoms with Crippen LogP contribution >= 0.6 is 0 Å². The van der Waals surface area contributed by atoms with Crippen molar-refractivity contribution in [2.45, 2.75) is 19.3 Å². The molecule has 0 aliphatic heterocycles. The molecular weight excluding hydrogens is 801 g/mol. The van der Waals surface area contributed by atoms with Gasteiger partial charge in [0.2, 0.25) is 0 Å². The first-order valence-electron chi connectivity index (χ1n) is 22.9. The second-order valence-corrected chi connectivity index (χ2v) is 18.4. The molecule has 0 atom stereocenters. The summed E-state index contributed by atoms with van der Waals surface area (Å²) in [6.45, 7) is 4.73. The van der Waals surface area contributed by atoms with Gasteiger partial charge in [-0.15, -0.1) is 0 Å². The first-order valence-corrected chi connectivity index (χ1v) is 22.9. The van der Waals surface area contributed by atoms with Crippen LogP contribution in [0.5, 0.6) is 0 Å². The molecule has 0 bridgehead atoms. The maximum absolute atomic E-state index is 6.76. The minimum atomic E-state index is -0.111. The first-order chi connectivity index (χ1) is 32.5. The molecule has 14 rings (SSSR count). The number of nitrogens with zero attached hydrogens (tertiary/aromatic N) is 2. The molecule has 0 fully saturated rings. The van der Waals surface area contributed by atoms with E-state index < -0.39 is 0 Å². The second-order valence-electron chi connectivity index (χ2n) is 18.4. The van der Waals surface area contributed by atoms with E-state index in [1.54, 1.807) is 0 Å². The van der Waals surface area contributed by atoms with Crippen LogP contribution in [0.2, 0.25) is 0 Å². The van der Waals surface area contributed by atoms with Crippen molar-refractivity contribution in [2.24, 2.45) is 0 Å². The van der Waals surface area contributed by atoms with Gasteiger partial charge in [0.1, 0.15) is 11.2 Å². The quantitative estimate of drug-likeness (QED) is 0.169. The summed E-state index contributed by atoms with van der Waals surface area (Å²) < 4.78 is 11.7. The fraction of sp³-hybridized carbons (Fsp3) is 0.0476. The van der Waals surface area contributed by atoms with E-state index in [0.29, 0.717) is 0 Å². The Labute approximate surface area is 382 Å². The van der Waals surface area contributed by atoms with E-state index in [2.05, 4.69) is 241 Å². The molecule has 3 nitrogen and oxygen atoms in total. The number of para-hydroxylation sites is 6. The lowest BCUT2D eigenvalue weighted by atomic mass is 9.82. The van der Waals surface area contributed by atoms with Crippen molar-refractivity contribution in [3.8, 4) is 55.9 Å². The van der Waals surface area contributed by atoms with Crippen molar-refractivity contribution in [1.82, 2.24) is 9.13 Å². The van der Waals surface area contributed by atoms with Crippen LogP contribution in [-0.2, 0) is 5.41 Å². The molecule has 66 heavy (non-hydrogen) atoms. The topological polar surface area (TPSA) is 23.0 Å². The number of benzene rings is 10. The van der Waals surface area contributed by atoms with Crippen molar-refractivity contribution in [3.05, 3.63) is 230 Å². The fourth-order valence-electron chi connectivity index (χ4n) is 11.5. The van der Waals surface area contributed by atoms with Crippen LogP contribution < -0.4 is 0 Å². The van der Waals surface area contributed by atoms with Crippen LogP contribution in [0.25, 0.3) is 121 Å². The standard InChI is InChI=1S/C63H42N2O/c1-63(2)54-28-10-6-19-47(54)48-34-33-43(38-55(48)63)64-57-30-12-8-22-53(57)60-44(23-16-31-58(60)64)39-35-40(37-41(36-39)46-25-15-27-52-50-21-9-13-32-59(50)66-62(46)52)45-24-14-26-51-49-20-7-11-29-56(49)65(61(45)51)42-17-4-3-5-18-42/h3-38H,1-2H3. The Balaban J connectivity index is 1.05. The minimum absolute atomic E-state index is 0.111. The van der Waals surface area contributed by atoms with E-state index in [1.165, 1.54) is 82.7 Å². The van der Waals surface area contributed by atoms with Crippen LogP contribution in [0.1, 0.15) is 25.0 Å². The van der Waals surface area contributed by atoms with Gasteiger partial charge in [-0.05, 0) is 111 Å². The lowest BCUT2D eigenvalue weighted by molar-refractivity contribution is 0.660. The molecule has 0 amide bonds. The Morgan fingerprint density at radius 3 is 1.74 bits per heavy atom. The summed E-state index contributed by atoms with van der Waals surface area (Å²) in [6, 6.07) is 80.2. The van der Waals surface area contributed by atoms with E-state index in [1.807, 2.05) is 0 Å². The molecule has 10 aromatic carbocycles. The molecule has 0 saturated heterocycles. The highest BCUT2D eigenvalue weighted by atomic mass is 16.3. The summed E-state index contributed by atoms with van der Waals surface area (Å²) in [5.74, 6) is 0. The van der Waals surface area contributed by atoms with E-state index in [9.17, 15) is 0 Å². The van der Waals surface area contributed by atoms with Crippen molar-refractivity contribution < 1.29 is 4.42 Å². The molecule has 0 radical (unpaired) electrons. The molecule has 3 aromatic heterocycles. The monoisotopic (exact) mass is 842 g/mol. The summed E-state index contributed by atoms with van der Waals surface area (Å²) >= 11 is 0. The highest BCUT2D eigenvalue weighted by molar-refractivity contribution is 6.18. The second kappa shape index (κ2) is 13.8. The summed E-state index contributed by atoms with van der Waals surface area (Å²) in [7, 11) is 0. The zero-order valence-electron chi connectivity index (χ0n) is 36.6. The lowest BCUT2D eigenvalue weighted by Crippen LogP contribution is -2.15. The third-order valence-corrected chi connectivity index (χ3v) is 14.5. The number of hydrogen-bond donors (Lipinski definition) is 0. The Kier molecular flexibility index (Phi) is 7.74. The summed E-state index contributed by atoms with van der Waals surface area (Å²) in [5, 5.41) is 7.16. The molecule has 3 heteroatoms. The van der Waals surface area contributed by atoms with Crippen molar-refractivity contribution in [2.75, 3.05) is 0 Å². The Morgan fingerprint density at radius 1 is 0.348 bits per heavy atom. The summed E-state index contributed by atoms with van der Waals surface area (Å²) in [4.78, 5) is 0. The highest BCUT2D eigenvalue weighted by Gasteiger charge is 2.35.